The van der Waals surface area contributed by atoms with Crippen molar-refractivity contribution < 1.29 is 14.6 Å². The van der Waals surface area contributed by atoms with E-state index in [-0.39, 0.29) is 6.61 Å². The molecule has 1 saturated carbocycles. The lowest BCUT2D eigenvalue weighted by Gasteiger charge is -2.14. The number of nitrogens with zero attached hydrogens (tertiary/aromatic N) is 3. The van der Waals surface area contributed by atoms with Crippen LogP contribution in [0.5, 0.6) is 17.2 Å². The standard InChI is InChI=1S/C26H26Cl2N4O3/c1-34-22-12-16(6-9-21(22)35-17-7-8-19(27)20(28)13-17)23-18(10-11-33)24(15-4-2-3-5-15)32-25(23)26(29)30-14-31-32/h6-9,12-15,33H,2-5,10-11H2,1H3,(H2,29,30,31). The maximum absolute atomic E-state index is 9.96. The van der Waals surface area contributed by atoms with Gasteiger partial charge in [0, 0.05) is 29.8 Å². The second-order valence-corrected chi connectivity index (χ2v) is 9.46. The van der Waals surface area contributed by atoms with Gasteiger partial charge in [-0.25, -0.2) is 9.50 Å². The number of nitrogens with two attached hydrogens (primary N) is 1. The van der Waals surface area contributed by atoms with Gasteiger partial charge in [-0.3, -0.25) is 0 Å². The molecule has 0 aliphatic heterocycles. The third kappa shape index (κ3) is 4.40. The number of anilines is 1. The van der Waals surface area contributed by atoms with Gasteiger partial charge in [0.15, 0.2) is 17.3 Å². The molecular formula is C26H26Cl2N4O3. The van der Waals surface area contributed by atoms with Crippen LogP contribution in [0, 0.1) is 0 Å². The molecule has 9 heteroatoms. The summed E-state index contributed by atoms with van der Waals surface area (Å²) in [6.07, 6.45) is 6.53. The second kappa shape index (κ2) is 9.93. The molecule has 1 aliphatic rings. The van der Waals surface area contributed by atoms with E-state index in [0.29, 0.717) is 45.5 Å². The zero-order valence-corrected chi connectivity index (χ0v) is 20.8. The Morgan fingerprint density at radius 3 is 2.60 bits per heavy atom. The van der Waals surface area contributed by atoms with Gasteiger partial charge in [0.2, 0.25) is 0 Å². The number of halogens is 2. The van der Waals surface area contributed by atoms with Gasteiger partial charge in [-0.05, 0) is 54.7 Å². The van der Waals surface area contributed by atoms with Crippen LogP contribution in [-0.4, -0.2) is 33.4 Å². The van der Waals surface area contributed by atoms with E-state index in [1.807, 2.05) is 22.7 Å². The van der Waals surface area contributed by atoms with Crippen molar-refractivity contribution in [2.24, 2.45) is 0 Å². The lowest BCUT2D eigenvalue weighted by atomic mass is 9.93. The number of ether oxygens (including phenoxy) is 2. The molecule has 1 fully saturated rings. The van der Waals surface area contributed by atoms with Crippen LogP contribution in [-0.2, 0) is 6.42 Å². The van der Waals surface area contributed by atoms with Crippen molar-refractivity contribution in [2.45, 2.75) is 38.0 Å². The Labute approximate surface area is 213 Å². The lowest BCUT2D eigenvalue weighted by molar-refractivity contribution is 0.299. The third-order valence-electron chi connectivity index (χ3n) is 6.57. The molecule has 1 aliphatic carbocycles. The molecule has 2 aromatic heterocycles. The van der Waals surface area contributed by atoms with Crippen molar-refractivity contribution >= 4 is 34.5 Å². The minimum absolute atomic E-state index is 0.0204. The Hall–Kier alpha value is -3.00. The van der Waals surface area contributed by atoms with E-state index in [0.717, 1.165) is 40.7 Å². The first-order chi connectivity index (χ1) is 17.0. The van der Waals surface area contributed by atoms with Gasteiger partial charge in [0.05, 0.1) is 17.2 Å². The molecule has 4 aromatic rings. The maximum atomic E-state index is 9.96. The molecule has 0 unspecified atom stereocenters. The van der Waals surface area contributed by atoms with Gasteiger partial charge < -0.3 is 20.3 Å². The highest BCUT2D eigenvalue weighted by molar-refractivity contribution is 6.42. The predicted molar refractivity (Wildman–Crippen MR) is 138 cm³/mol. The fraction of sp³-hybridized carbons (Fsp3) is 0.308. The van der Waals surface area contributed by atoms with Crippen LogP contribution in [0.4, 0.5) is 5.82 Å². The minimum atomic E-state index is 0.0204. The molecule has 2 heterocycles. The molecule has 0 bridgehead atoms. The van der Waals surface area contributed by atoms with Crippen LogP contribution < -0.4 is 15.2 Å². The number of aliphatic hydroxyl groups excluding tert-OH is 1. The Morgan fingerprint density at radius 1 is 1.09 bits per heavy atom. The number of benzene rings is 2. The fourth-order valence-electron chi connectivity index (χ4n) is 5.05. The zero-order chi connectivity index (χ0) is 24.5. The highest BCUT2D eigenvalue weighted by atomic mass is 35.5. The first-order valence-electron chi connectivity index (χ1n) is 11.6. The van der Waals surface area contributed by atoms with Gasteiger partial charge >= 0.3 is 0 Å². The molecule has 182 valence electrons. The molecular weight excluding hydrogens is 487 g/mol. The van der Waals surface area contributed by atoms with Crippen LogP contribution in [0.25, 0.3) is 16.6 Å². The summed E-state index contributed by atoms with van der Waals surface area (Å²) in [5, 5.41) is 15.4. The molecule has 0 radical (unpaired) electrons. The Balaban J connectivity index is 1.65. The van der Waals surface area contributed by atoms with Crippen molar-refractivity contribution in [1.29, 1.82) is 0 Å². The number of nitrogen functional groups attached to an aromatic ring is 1. The van der Waals surface area contributed by atoms with E-state index in [1.54, 1.807) is 25.3 Å². The van der Waals surface area contributed by atoms with Gasteiger partial charge in [-0.1, -0.05) is 42.1 Å². The van der Waals surface area contributed by atoms with Gasteiger partial charge in [0.1, 0.15) is 17.6 Å². The Kier molecular flexibility index (Phi) is 6.73. The highest BCUT2D eigenvalue weighted by Crippen LogP contribution is 2.45. The van der Waals surface area contributed by atoms with E-state index < -0.39 is 0 Å². The number of methoxy groups -OCH3 is 1. The van der Waals surface area contributed by atoms with Crippen molar-refractivity contribution in [1.82, 2.24) is 14.6 Å². The highest BCUT2D eigenvalue weighted by Gasteiger charge is 2.29. The first-order valence-corrected chi connectivity index (χ1v) is 12.3. The average molecular weight is 513 g/mol. The summed E-state index contributed by atoms with van der Waals surface area (Å²) >= 11 is 12.2. The number of rotatable bonds is 7. The Morgan fingerprint density at radius 2 is 1.89 bits per heavy atom. The van der Waals surface area contributed by atoms with Gasteiger partial charge in [-0.15, -0.1) is 0 Å². The van der Waals surface area contributed by atoms with Gasteiger partial charge in [-0.2, -0.15) is 5.10 Å². The van der Waals surface area contributed by atoms with Crippen LogP contribution >= 0.6 is 23.2 Å². The summed E-state index contributed by atoms with van der Waals surface area (Å²) in [7, 11) is 1.59. The molecule has 0 amide bonds. The van der Waals surface area contributed by atoms with E-state index >= 15 is 0 Å². The van der Waals surface area contributed by atoms with E-state index in [1.165, 1.54) is 19.2 Å². The summed E-state index contributed by atoms with van der Waals surface area (Å²) < 4.78 is 13.6. The topological polar surface area (TPSA) is 94.9 Å². The number of hydrogen-bond acceptors (Lipinski definition) is 6. The van der Waals surface area contributed by atoms with Crippen molar-refractivity contribution in [3.05, 3.63) is 64.0 Å². The van der Waals surface area contributed by atoms with Crippen LogP contribution in [0.15, 0.2) is 42.7 Å². The molecule has 0 atom stereocenters. The van der Waals surface area contributed by atoms with Crippen LogP contribution in [0.2, 0.25) is 10.0 Å². The smallest absolute Gasteiger partial charge is 0.169 e. The van der Waals surface area contributed by atoms with Crippen LogP contribution in [0.3, 0.4) is 0 Å². The molecule has 5 rings (SSSR count). The van der Waals surface area contributed by atoms with Crippen molar-refractivity contribution in [3.8, 4) is 28.4 Å². The summed E-state index contributed by atoms with van der Waals surface area (Å²) in [4.78, 5) is 4.27. The average Bonchev–Trinajstić information content (AvgIpc) is 3.49. The monoisotopic (exact) mass is 512 g/mol. The van der Waals surface area contributed by atoms with E-state index in [2.05, 4.69) is 10.1 Å². The SMILES string of the molecule is COc1cc(-c2c(CCO)c(C3CCCC3)n3ncnc(N)c23)ccc1Oc1ccc(Cl)c(Cl)c1. The normalized spacial score (nSPS) is 14.1. The second-order valence-electron chi connectivity index (χ2n) is 8.64. The number of hydrogen-bond donors (Lipinski definition) is 2. The summed E-state index contributed by atoms with van der Waals surface area (Å²) in [5.74, 6) is 2.38. The number of aliphatic hydroxyl groups is 1. The zero-order valence-electron chi connectivity index (χ0n) is 19.3. The van der Waals surface area contributed by atoms with E-state index in [4.69, 9.17) is 38.4 Å². The number of fused-ring (bicyclic) bond motifs is 1. The predicted octanol–water partition coefficient (Wildman–Crippen LogP) is 6.28. The fourth-order valence-corrected chi connectivity index (χ4v) is 5.34. The molecule has 0 saturated heterocycles. The molecule has 3 N–H and O–H groups in total. The quantitative estimate of drug-likeness (QED) is 0.302. The maximum Gasteiger partial charge on any atom is 0.169 e. The largest absolute Gasteiger partial charge is 0.493 e. The summed E-state index contributed by atoms with van der Waals surface area (Å²) in [5.41, 5.74) is 11.1. The molecule has 7 nitrogen and oxygen atoms in total. The molecule has 35 heavy (non-hydrogen) atoms. The summed E-state index contributed by atoms with van der Waals surface area (Å²) in [6, 6.07) is 10.8. The third-order valence-corrected chi connectivity index (χ3v) is 7.31. The lowest BCUT2D eigenvalue weighted by Crippen LogP contribution is -2.06. The van der Waals surface area contributed by atoms with E-state index in [9.17, 15) is 5.11 Å². The first kappa shape index (κ1) is 23.7. The number of aromatic nitrogens is 3. The molecule has 0 spiro atoms. The summed E-state index contributed by atoms with van der Waals surface area (Å²) in [6.45, 7) is 0.0204. The Bertz CT molecular complexity index is 1380. The molecule has 2 aromatic carbocycles. The van der Waals surface area contributed by atoms with Crippen molar-refractivity contribution in [2.75, 3.05) is 19.5 Å². The minimum Gasteiger partial charge on any atom is -0.493 e. The van der Waals surface area contributed by atoms with Crippen molar-refractivity contribution in [3.63, 3.8) is 0 Å². The van der Waals surface area contributed by atoms with Gasteiger partial charge in [0.25, 0.3) is 0 Å². The van der Waals surface area contributed by atoms with Crippen LogP contribution in [0.1, 0.15) is 42.9 Å².